The number of amides is 1. The zero-order valence-electron chi connectivity index (χ0n) is 20.0. The van der Waals surface area contributed by atoms with E-state index >= 15 is 0 Å². The van der Waals surface area contributed by atoms with Crippen molar-refractivity contribution < 1.29 is 27.1 Å². The molecule has 9 nitrogen and oxygen atoms in total. The monoisotopic (exact) mass is 633 g/mol. The molecule has 0 saturated heterocycles. The lowest BCUT2D eigenvalue weighted by molar-refractivity contribution is 0.0964. The molecule has 3 rings (SSSR count). The molecule has 0 aliphatic rings. The molecule has 0 spiro atoms. The predicted molar refractivity (Wildman–Crippen MR) is 147 cm³/mol. The smallest absolute Gasteiger partial charge is 0.255 e. The second kappa shape index (κ2) is 11.0. The van der Waals surface area contributed by atoms with Crippen LogP contribution in [0.15, 0.2) is 34.7 Å². The highest BCUT2D eigenvalue weighted by molar-refractivity contribution is 14.1. The Balaban J connectivity index is 2.03. The number of unbranched alkanes of at least 4 members (excludes halogenated alkanes) is 2. The molecule has 0 aliphatic heterocycles. The molecule has 1 aromatic carbocycles. The maximum absolute atomic E-state index is 12.8. The lowest BCUT2D eigenvalue weighted by Gasteiger charge is -2.22. The summed E-state index contributed by atoms with van der Waals surface area (Å²) in [6.45, 7) is 3.45. The Morgan fingerprint density at radius 1 is 1.23 bits per heavy atom. The van der Waals surface area contributed by atoms with Gasteiger partial charge in [0.15, 0.2) is 13.2 Å². The Morgan fingerprint density at radius 2 is 1.89 bits per heavy atom. The van der Waals surface area contributed by atoms with Gasteiger partial charge in [0.2, 0.25) is 15.7 Å². The van der Waals surface area contributed by atoms with Crippen LogP contribution in [0.4, 0.5) is 5.82 Å². The zero-order valence-corrected chi connectivity index (χ0v) is 23.9. The summed E-state index contributed by atoms with van der Waals surface area (Å²) in [5, 5.41) is 3.13. The maximum Gasteiger partial charge on any atom is 0.255 e. The molecule has 0 bridgehead atoms. The van der Waals surface area contributed by atoms with E-state index in [0.717, 1.165) is 11.8 Å². The highest BCUT2D eigenvalue weighted by atomic mass is 127. The fourth-order valence-electron chi connectivity index (χ4n) is 3.69. The number of carbonyl (C=O) groups is 1. The number of pyridine rings is 1. The van der Waals surface area contributed by atoms with E-state index in [0.29, 0.717) is 45.1 Å². The molecule has 12 heteroatoms. The first kappa shape index (κ1) is 27.6. The van der Waals surface area contributed by atoms with Crippen molar-refractivity contribution >= 4 is 62.8 Å². The first-order chi connectivity index (χ1) is 16.3. The maximum atomic E-state index is 12.8. The van der Waals surface area contributed by atoms with Crippen LogP contribution in [0.5, 0.6) is 0 Å². The fraction of sp³-hybridized carbons (Fsp3) is 0.391. The molecule has 0 radical (unpaired) electrons. The fourth-order valence-corrected chi connectivity index (χ4v) is 6.30. The summed E-state index contributed by atoms with van der Waals surface area (Å²) in [4.78, 5) is 26.7. The van der Waals surface area contributed by atoms with Crippen molar-refractivity contribution in [3.05, 3.63) is 45.0 Å². The van der Waals surface area contributed by atoms with Crippen LogP contribution in [-0.2, 0) is 14.6 Å². The van der Waals surface area contributed by atoms with Gasteiger partial charge in [-0.05, 0) is 48.4 Å². The molecule has 3 aromatic rings. The Morgan fingerprint density at radius 3 is 2.46 bits per heavy atom. The topological polar surface area (TPSA) is 130 Å². The normalized spacial score (nSPS) is 13.5. The second-order valence-electron chi connectivity index (χ2n) is 8.57. The number of anilines is 1. The molecule has 0 aliphatic carbocycles. The summed E-state index contributed by atoms with van der Waals surface area (Å²) >= 11 is 2.01. The summed E-state index contributed by atoms with van der Waals surface area (Å²) in [7, 11) is -5.22. The van der Waals surface area contributed by atoms with Gasteiger partial charge in [-0.2, -0.15) is 4.98 Å². The number of furan rings is 1. The van der Waals surface area contributed by atoms with E-state index in [1.807, 2.05) is 53.8 Å². The van der Waals surface area contributed by atoms with Crippen molar-refractivity contribution in [2.24, 2.45) is 0 Å². The summed E-state index contributed by atoms with van der Waals surface area (Å²) < 4.78 is 44.5. The van der Waals surface area contributed by atoms with E-state index in [1.54, 1.807) is 6.07 Å². The molecule has 1 unspecified atom stereocenters. The van der Waals surface area contributed by atoms with Crippen LogP contribution < -0.4 is 9.62 Å². The van der Waals surface area contributed by atoms with Crippen LogP contribution >= 0.6 is 30.0 Å². The van der Waals surface area contributed by atoms with Gasteiger partial charge in [-0.3, -0.25) is 13.7 Å². The summed E-state index contributed by atoms with van der Waals surface area (Å²) in [5.74, 6) is 0.247. The molecule has 0 fully saturated rings. The van der Waals surface area contributed by atoms with Crippen molar-refractivity contribution in [1.29, 1.82) is 0 Å². The molecule has 1 amide bonds. The number of rotatable bonds is 10. The van der Waals surface area contributed by atoms with Gasteiger partial charge in [0.25, 0.3) is 5.91 Å². The van der Waals surface area contributed by atoms with E-state index in [9.17, 15) is 22.7 Å². The summed E-state index contributed by atoms with van der Waals surface area (Å²) in [6.07, 6.45) is 2.93. The van der Waals surface area contributed by atoms with Gasteiger partial charge in [-0.25, -0.2) is 8.42 Å². The van der Waals surface area contributed by atoms with Crippen LogP contribution in [-0.4, -0.2) is 56.9 Å². The third-order valence-corrected chi connectivity index (χ3v) is 8.55. The van der Waals surface area contributed by atoms with Gasteiger partial charge in [-0.1, -0.05) is 36.2 Å². The number of sulfonamides is 1. The van der Waals surface area contributed by atoms with Crippen molar-refractivity contribution in [1.82, 2.24) is 10.3 Å². The first-order valence-electron chi connectivity index (χ1n) is 11.0. The van der Waals surface area contributed by atoms with Crippen molar-refractivity contribution in [2.75, 3.05) is 37.0 Å². The van der Waals surface area contributed by atoms with Gasteiger partial charge < -0.3 is 14.6 Å². The number of hydrogen-bond acceptors (Lipinski definition) is 6. The molecule has 2 aromatic heterocycles. The standard InChI is InChI=1S/C23H29IN3O6PS/c1-15-8-10-16(11-9-15)20-19(22(28)25-2)17-14-18(24)21(26-23(17)33-20)27(35(4,31)32)12-6-5-7-13-34(3,29)30/h8-11,14H,5-7,12-13H2,1-4H3,(H,25,28)(H,29,30). The molecule has 35 heavy (non-hydrogen) atoms. The van der Waals surface area contributed by atoms with Gasteiger partial charge in [0, 0.05) is 32.0 Å². The molecular weight excluding hydrogens is 604 g/mol. The number of fused-ring (bicyclic) bond motifs is 1. The first-order valence-corrected chi connectivity index (χ1v) is 16.2. The molecule has 190 valence electrons. The van der Waals surface area contributed by atoms with E-state index in [2.05, 4.69) is 10.3 Å². The van der Waals surface area contributed by atoms with Crippen LogP contribution in [0.3, 0.4) is 0 Å². The van der Waals surface area contributed by atoms with Crippen LogP contribution in [0.2, 0.25) is 0 Å². The Kier molecular flexibility index (Phi) is 8.67. The number of nitrogens with zero attached hydrogens (tertiary/aromatic N) is 2. The minimum atomic E-state index is -3.67. The number of aryl methyl sites for hydroxylation is 1. The Hall–Kier alpha value is -1.95. The van der Waals surface area contributed by atoms with E-state index in [4.69, 9.17) is 4.42 Å². The van der Waals surface area contributed by atoms with Gasteiger partial charge in [0.05, 0.1) is 20.8 Å². The average Bonchev–Trinajstić information content (AvgIpc) is 3.12. The number of carbonyl (C=O) groups excluding carboxylic acids is 1. The number of aromatic nitrogens is 1. The van der Waals surface area contributed by atoms with Crippen molar-refractivity contribution in [3.8, 4) is 11.3 Å². The minimum absolute atomic E-state index is 0.162. The third kappa shape index (κ3) is 6.84. The largest absolute Gasteiger partial charge is 0.437 e. The summed E-state index contributed by atoms with van der Waals surface area (Å²) in [5.41, 5.74) is 2.27. The highest BCUT2D eigenvalue weighted by Crippen LogP contribution is 2.37. The highest BCUT2D eigenvalue weighted by Gasteiger charge is 2.27. The Labute approximate surface area is 218 Å². The van der Waals surface area contributed by atoms with Crippen LogP contribution in [0.1, 0.15) is 35.2 Å². The number of halogens is 1. The predicted octanol–water partition coefficient (Wildman–Crippen LogP) is 4.60. The Bertz CT molecular complexity index is 1380. The number of nitrogens with one attached hydrogen (secondary N) is 1. The average molecular weight is 633 g/mol. The van der Waals surface area contributed by atoms with Gasteiger partial charge in [-0.15, -0.1) is 0 Å². The van der Waals surface area contributed by atoms with Crippen LogP contribution in [0.25, 0.3) is 22.4 Å². The lowest BCUT2D eigenvalue weighted by Crippen LogP contribution is -2.32. The van der Waals surface area contributed by atoms with Gasteiger partial charge in [0.1, 0.15) is 5.76 Å². The van der Waals surface area contributed by atoms with Crippen molar-refractivity contribution in [2.45, 2.75) is 26.2 Å². The lowest BCUT2D eigenvalue weighted by atomic mass is 10.0. The van der Waals surface area contributed by atoms with Gasteiger partial charge >= 0.3 is 0 Å². The van der Waals surface area contributed by atoms with Crippen molar-refractivity contribution in [3.63, 3.8) is 0 Å². The summed E-state index contributed by atoms with van der Waals surface area (Å²) in [6, 6.07) is 9.25. The molecule has 0 saturated carbocycles. The molecule has 2 N–H and O–H groups in total. The number of hydrogen-bond donors (Lipinski definition) is 2. The van der Waals surface area contributed by atoms with E-state index < -0.39 is 17.4 Å². The SMILES string of the molecule is CNC(=O)c1c(-c2ccc(C)cc2)oc2nc(N(CCCCCP(C)(=O)O)S(C)(=O)=O)c(I)cc12. The van der Waals surface area contributed by atoms with Crippen LogP contribution in [0, 0.1) is 10.5 Å². The van der Waals surface area contributed by atoms with E-state index in [-0.39, 0.29) is 30.1 Å². The second-order valence-corrected chi connectivity index (χ2v) is 14.2. The molecular formula is C23H29IN3O6PS. The number of benzene rings is 1. The third-order valence-electron chi connectivity index (χ3n) is 5.46. The quantitative estimate of drug-likeness (QED) is 0.190. The molecule has 1 atom stereocenters. The zero-order chi connectivity index (χ0) is 26.0. The van der Waals surface area contributed by atoms with E-state index in [1.165, 1.54) is 18.0 Å². The minimum Gasteiger partial charge on any atom is -0.437 e. The molecule has 2 heterocycles.